The predicted molar refractivity (Wildman–Crippen MR) is 96.5 cm³/mol. The van der Waals surface area contributed by atoms with Gasteiger partial charge in [-0.25, -0.2) is 0 Å². The zero-order valence-electron chi connectivity index (χ0n) is 12.9. The number of rotatable bonds is 5. The van der Waals surface area contributed by atoms with Crippen LogP contribution in [0.1, 0.15) is 24.1 Å². The van der Waals surface area contributed by atoms with Crippen molar-refractivity contribution in [1.82, 2.24) is 0 Å². The molecule has 0 saturated carbocycles. The van der Waals surface area contributed by atoms with Gasteiger partial charge in [0, 0.05) is 10.6 Å². The summed E-state index contributed by atoms with van der Waals surface area (Å²) in [7, 11) is 0. The van der Waals surface area contributed by atoms with E-state index >= 15 is 0 Å². The molecular formula is C17H18Cl3N2O+. The van der Waals surface area contributed by atoms with Gasteiger partial charge >= 0.3 is 0 Å². The van der Waals surface area contributed by atoms with E-state index in [1.807, 2.05) is 37.4 Å². The largest absolute Gasteiger partial charge is 0.332 e. The Hall–Kier alpha value is -1.26. The van der Waals surface area contributed by atoms with Crippen LogP contribution in [0.2, 0.25) is 15.1 Å². The molecular weight excluding hydrogens is 355 g/mol. The third kappa shape index (κ3) is 5.11. The molecule has 2 aromatic rings. The van der Waals surface area contributed by atoms with Gasteiger partial charge in [0.2, 0.25) is 0 Å². The second-order valence-corrected chi connectivity index (χ2v) is 6.68. The lowest BCUT2D eigenvalue weighted by atomic mass is 10.1. The SMILES string of the molecule is Cc1ccc(NC(=O)C[NH2+][C@@H](C)c2ccc(Cl)cc2Cl)c(Cl)c1. The molecule has 0 heterocycles. The molecule has 2 rings (SSSR count). The number of carbonyl (C=O) groups excluding carboxylic acids is 1. The number of aryl methyl sites for hydroxylation is 1. The summed E-state index contributed by atoms with van der Waals surface area (Å²) >= 11 is 18.2. The molecule has 0 bridgehead atoms. The molecule has 0 aliphatic carbocycles. The Morgan fingerprint density at radius 1 is 1.13 bits per heavy atom. The quantitative estimate of drug-likeness (QED) is 0.811. The van der Waals surface area contributed by atoms with Gasteiger partial charge in [-0.3, -0.25) is 4.79 Å². The fraction of sp³-hybridized carbons (Fsp3) is 0.235. The Morgan fingerprint density at radius 3 is 2.52 bits per heavy atom. The van der Waals surface area contributed by atoms with Crippen LogP contribution in [-0.4, -0.2) is 12.5 Å². The van der Waals surface area contributed by atoms with E-state index < -0.39 is 0 Å². The highest BCUT2D eigenvalue weighted by atomic mass is 35.5. The molecule has 0 spiro atoms. The average Bonchev–Trinajstić information content (AvgIpc) is 2.48. The summed E-state index contributed by atoms with van der Waals surface area (Å²) in [6, 6.07) is 10.9. The van der Waals surface area contributed by atoms with E-state index in [1.54, 1.807) is 18.2 Å². The molecule has 0 saturated heterocycles. The summed E-state index contributed by atoms with van der Waals surface area (Å²) in [5, 5.41) is 6.45. The predicted octanol–water partition coefficient (Wildman–Crippen LogP) is 4.22. The average molecular weight is 373 g/mol. The van der Waals surface area contributed by atoms with Crippen molar-refractivity contribution >= 4 is 46.4 Å². The molecule has 23 heavy (non-hydrogen) atoms. The number of quaternary nitrogens is 1. The number of nitrogens with two attached hydrogens (primary N) is 1. The fourth-order valence-corrected chi connectivity index (χ4v) is 3.07. The first-order chi connectivity index (χ1) is 10.9. The van der Waals surface area contributed by atoms with Crippen LogP contribution in [0, 0.1) is 6.92 Å². The highest BCUT2D eigenvalue weighted by molar-refractivity contribution is 6.35. The first-order valence-corrected chi connectivity index (χ1v) is 8.34. The lowest BCUT2D eigenvalue weighted by Crippen LogP contribution is -2.86. The van der Waals surface area contributed by atoms with Crippen molar-refractivity contribution in [2.24, 2.45) is 0 Å². The molecule has 0 aliphatic rings. The summed E-state index contributed by atoms with van der Waals surface area (Å²) in [5.74, 6) is -0.118. The van der Waals surface area contributed by atoms with Crippen molar-refractivity contribution in [3.05, 3.63) is 62.6 Å². The van der Waals surface area contributed by atoms with Crippen LogP contribution in [-0.2, 0) is 4.79 Å². The van der Waals surface area contributed by atoms with Crippen LogP contribution in [0.4, 0.5) is 5.69 Å². The van der Waals surface area contributed by atoms with Crippen LogP contribution < -0.4 is 10.6 Å². The number of carbonyl (C=O) groups is 1. The number of benzene rings is 2. The summed E-state index contributed by atoms with van der Waals surface area (Å²) < 4.78 is 0. The van der Waals surface area contributed by atoms with E-state index in [-0.39, 0.29) is 18.5 Å². The van der Waals surface area contributed by atoms with Crippen molar-refractivity contribution in [3.8, 4) is 0 Å². The van der Waals surface area contributed by atoms with Gasteiger partial charge in [0.25, 0.3) is 5.91 Å². The molecule has 3 nitrogen and oxygen atoms in total. The normalized spacial score (nSPS) is 12.0. The topological polar surface area (TPSA) is 45.7 Å². The summed E-state index contributed by atoms with van der Waals surface area (Å²) in [6.45, 7) is 4.20. The standard InChI is InChI=1S/C17H17Cl3N2O/c1-10-3-6-16(15(20)7-10)22-17(23)9-21-11(2)13-5-4-12(18)8-14(13)19/h3-8,11,21H,9H2,1-2H3,(H,22,23)/p+1/t11-/m0/s1. The molecule has 0 unspecified atom stereocenters. The van der Waals surface area contributed by atoms with Gasteiger partial charge < -0.3 is 10.6 Å². The van der Waals surface area contributed by atoms with Gasteiger partial charge in [-0.1, -0.05) is 46.9 Å². The maximum Gasteiger partial charge on any atom is 0.279 e. The molecule has 1 atom stereocenters. The van der Waals surface area contributed by atoms with Crippen molar-refractivity contribution in [2.75, 3.05) is 11.9 Å². The highest BCUT2D eigenvalue weighted by Gasteiger charge is 2.15. The molecule has 0 aliphatic heterocycles. The number of amides is 1. The molecule has 1 amide bonds. The molecule has 0 fully saturated rings. The van der Waals surface area contributed by atoms with Crippen molar-refractivity contribution in [3.63, 3.8) is 0 Å². The third-order valence-electron chi connectivity index (χ3n) is 3.51. The van der Waals surface area contributed by atoms with E-state index in [1.165, 1.54) is 0 Å². The summed E-state index contributed by atoms with van der Waals surface area (Å²) in [6.07, 6.45) is 0. The Labute approximate surface area is 150 Å². The highest BCUT2D eigenvalue weighted by Crippen LogP contribution is 2.24. The molecule has 2 aromatic carbocycles. The molecule has 122 valence electrons. The summed E-state index contributed by atoms with van der Waals surface area (Å²) in [4.78, 5) is 12.1. The number of halogens is 3. The van der Waals surface area contributed by atoms with E-state index in [0.717, 1.165) is 11.1 Å². The lowest BCUT2D eigenvalue weighted by molar-refractivity contribution is -0.682. The Kier molecular flexibility index (Phi) is 6.31. The van der Waals surface area contributed by atoms with E-state index in [2.05, 4.69) is 5.32 Å². The smallest absolute Gasteiger partial charge is 0.279 e. The van der Waals surface area contributed by atoms with Crippen LogP contribution >= 0.6 is 34.8 Å². The Bertz CT molecular complexity index is 719. The third-order valence-corrected chi connectivity index (χ3v) is 4.38. The van der Waals surface area contributed by atoms with Crippen LogP contribution in [0.5, 0.6) is 0 Å². The Balaban J connectivity index is 1.93. The second kappa shape index (κ2) is 8.02. The van der Waals surface area contributed by atoms with Crippen molar-refractivity contribution in [1.29, 1.82) is 0 Å². The lowest BCUT2D eigenvalue weighted by Gasteiger charge is -2.13. The van der Waals surface area contributed by atoms with Crippen molar-refractivity contribution in [2.45, 2.75) is 19.9 Å². The maximum atomic E-state index is 12.1. The Morgan fingerprint density at radius 2 is 1.87 bits per heavy atom. The van der Waals surface area contributed by atoms with Gasteiger partial charge in [0.05, 0.1) is 15.7 Å². The van der Waals surface area contributed by atoms with Gasteiger partial charge in [0.1, 0.15) is 6.04 Å². The number of hydrogen-bond acceptors (Lipinski definition) is 1. The van der Waals surface area contributed by atoms with E-state index in [4.69, 9.17) is 34.8 Å². The summed E-state index contributed by atoms with van der Waals surface area (Å²) in [5.41, 5.74) is 2.61. The minimum atomic E-state index is -0.118. The minimum Gasteiger partial charge on any atom is -0.332 e. The van der Waals surface area contributed by atoms with Gasteiger partial charge in [0.15, 0.2) is 6.54 Å². The second-order valence-electron chi connectivity index (χ2n) is 5.43. The molecule has 3 N–H and O–H groups in total. The first kappa shape index (κ1) is 18.1. The minimum absolute atomic E-state index is 0.0407. The zero-order chi connectivity index (χ0) is 17.0. The zero-order valence-corrected chi connectivity index (χ0v) is 15.1. The molecule has 0 aromatic heterocycles. The first-order valence-electron chi connectivity index (χ1n) is 7.21. The monoisotopic (exact) mass is 371 g/mol. The van der Waals surface area contributed by atoms with Gasteiger partial charge in [-0.2, -0.15) is 0 Å². The van der Waals surface area contributed by atoms with Crippen LogP contribution in [0.15, 0.2) is 36.4 Å². The fourth-order valence-electron chi connectivity index (χ4n) is 2.20. The van der Waals surface area contributed by atoms with E-state index in [9.17, 15) is 4.79 Å². The maximum absolute atomic E-state index is 12.1. The number of hydrogen-bond donors (Lipinski definition) is 2. The molecule has 6 heteroatoms. The number of anilines is 1. The molecule has 0 radical (unpaired) electrons. The van der Waals surface area contributed by atoms with Crippen LogP contribution in [0.25, 0.3) is 0 Å². The van der Waals surface area contributed by atoms with E-state index in [0.29, 0.717) is 20.8 Å². The van der Waals surface area contributed by atoms with Gasteiger partial charge in [-0.15, -0.1) is 0 Å². The van der Waals surface area contributed by atoms with Crippen LogP contribution in [0.3, 0.4) is 0 Å². The van der Waals surface area contributed by atoms with Gasteiger partial charge in [-0.05, 0) is 43.7 Å². The number of nitrogens with one attached hydrogen (secondary N) is 1. The van der Waals surface area contributed by atoms with Crippen molar-refractivity contribution < 1.29 is 10.1 Å².